The maximum Gasteiger partial charge on any atom is 0.230 e. The minimum Gasteiger partial charge on any atom is -0.395 e. The molecule has 0 aliphatic rings. The monoisotopic (exact) mass is 205 g/mol. The number of rotatable bonds is 5. The number of aromatic nitrogens is 2. The summed E-state index contributed by atoms with van der Waals surface area (Å²) in [5.74, 6) is -0.174. The average molecular weight is 205 g/mol. The van der Waals surface area contributed by atoms with Crippen LogP contribution in [0.1, 0.15) is 0 Å². The lowest BCUT2D eigenvalue weighted by molar-refractivity contribution is 0.301. The zero-order chi connectivity index (χ0) is 9.73. The number of nitrogens with zero attached hydrogens (tertiary/aromatic N) is 2. The number of aliphatic hydroxyl groups excluding tert-OH is 1. The van der Waals surface area contributed by atoms with Gasteiger partial charge in [-0.05, 0) is 0 Å². The fourth-order valence-electron chi connectivity index (χ4n) is 0.806. The number of hydrogen-bond acceptors (Lipinski definition) is 4. The lowest BCUT2D eigenvalue weighted by Gasteiger charge is -2.04. The molecule has 74 valence electrons. The summed E-state index contributed by atoms with van der Waals surface area (Å²) in [5.41, 5.74) is 0. The highest BCUT2D eigenvalue weighted by molar-refractivity contribution is 7.88. The van der Waals surface area contributed by atoms with Gasteiger partial charge in [-0.1, -0.05) is 0 Å². The molecule has 1 aromatic heterocycles. The van der Waals surface area contributed by atoms with Crippen LogP contribution in [-0.4, -0.2) is 36.2 Å². The fraction of sp³-hybridized carbons (Fsp3) is 0.500. The highest BCUT2D eigenvalue weighted by Crippen LogP contribution is 1.92. The van der Waals surface area contributed by atoms with Crippen molar-refractivity contribution >= 4 is 10.0 Å². The van der Waals surface area contributed by atoms with Crippen LogP contribution in [0.25, 0.3) is 0 Å². The number of imidazole rings is 1. The summed E-state index contributed by atoms with van der Waals surface area (Å²) >= 11 is 0. The van der Waals surface area contributed by atoms with Crippen LogP contribution in [0.4, 0.5) is 0 Å². The second kappa shape index (κ2) is 4.35. The van der Waals surface area contributed by atoms with Crippen LogP contribution in [0.15, 0.2) is 18.7 Å². The van der Waals surface area contributed by atoms with Gasteiger partial charge in [0, 0.05) is 18.9 Å². The summed E-state index contributed by atoms with van der Waals surface area (Å²) in [6.45, 7) is -0.166. The highest BCUT2D eigenvalue weighted by Gasteiger charge is 2.08. The Labute approximate surface area is 76.3 Å². The first-order valence-corrected chi connectivity index (χ1v) is 5.33. The molecule has 0 aliphatic carbocycles. The summed E-state index contributed by atoms with van der Waals surface area (Å²) in [7, 11) is -3.35. The van der Waals surface area contributed by atoms with E-state index in [2.05, 4.69) is 9.71 Å². The Kier molecular flexibility index (Phi) is 3.40. The molecule has 0 fully saturated rings. The van der Waals surface area contributed by atoms with Gasteiger partial charge in [0.15, 0.2) is 0 Å². The number of aliphatic hydroxyl groups is 1. The van der Waals surface area contributed by atoms with Crippen molar-refractivity contribution in [2.75, 3.05) is 13.2 Å². The van der Waals surface area contributed by atoms with Gasteiger partial charge >= 0.3 is 0 Å². The van der Waals surface area contributed by atoms with E-state index < -0.39 is 10.0 Å². The maximum atomic E-state index is 11.2. The first kappa shape index (κ1) is 10.2. The van der Waals surface area contributed by atoms with Crippen molar-refractivity contribution in [2.24, 2.45) is 0 Å². The average Bonchev–Trinajstić information content (AvgIpc) is 2.52. The van der Waals surface area contributed by atoms with Crippen molar-refractivity contribution in [1.82, 2.24) is 14.3 Å². The predicted molar refractivity (Wildman–Crippen MR) is 46.2 cm³/mol. The molecule has 7 heteroatoms. The third-order valence-corrected chi connectivity index (χ3v) is 2.59. The Morgan fingerprint density at radius 1 is 1.54 bits per heavy atom. The molecular formula is C6H11N3O3S. The molecule has 2 N–H and O–H groups in total. The van der Waals surface area contributed by atoms with E-state index in [1.807, 2.05) is 0 Å². The summed E-state index contributed by atoms with van der Waals surface area (Å²) in [5, 5.41) is 8.41. The lowest BCUT2D eigenvalue weighted by atomic mass is 10.8. The second-order valence-corrected chi connectivity index (χ2v) is 4.22. The van der Waals surface area contributed by atoms with Crippen LogP contribution in [-0.2, 0) is 15.9 Å². The van der Waals surface area contributed by atoms with Crippen LogP contribution >= 0.6 is 0 Å². The largest absolute Gasteiger partial charge is 0.395 e. The third kappa shape index (κ3) is 3.53. The van der Waals surface area contributed by atoms with E-state index in [0.29, 0.717) is 0 Å². The standard InChI is InChI=1S/C6H11N3O3S/c10-4-2-8-13(11,12)6-9-3-1-7-5-9/h1,3,5,8,10H,2,4,6H2. The summed E-state index contributed by atoms with van der Waals surface area (Å²) < 4.78 is 26.0. The molecule has 0 unspecified atom stereocenters. The Bertz CT molecular complexity index is 332. The first-order valence-electron chi connectivity index (χ1n) is 3.68. The highest BCUT2D eigenvalue weighted by atomic mass is 32.2. The third-order valence-electron chi connectivity index (χ3n) is 1.31. The van der Waals surface area contributed by atoms with Crippen LogP contribution < -0.4 is 4.72 Å². The van der Waals surface area contributed by atoms with Gasteiger partial charge in [0.2, 0.25) is 10.0 Å². The molecular weight excluding hydrogens is 194 g/mol. The Balaban J connectivity index is 2.53. The van der Waals surface area contributed by atoms with Crippen molar-refractivity contribution in [3.63, 3.8) is 0 Å². The van der Waals surface area contributed by atoms with Crippen LogP contribution in [0.5, 0.6) is 0 Å². The van der Waals surface area contributed by atoms with Gasteiger partial charge in [-0.2, -0.15) is 0 Å². The topological polar surface area (TPSA) is 84.2 Å². The van der Waals surface area contributed by atoms with Crippen molar-refractivity contribution < 1.29 is 13.5 Å². The van der Waals surface area contributed by atoms with Gasteiger partial charge < -0.3 is 9.67 Å². The van der Waals surface area contributed by atoms with Gasteiger partial charge in [0.05, 0.1) is 12.9 Å². The quantitative estimate of drug-likeness (QED) is 0.629. The van der Waals surface area contributed by atoms with Gasteiger partial charge in [0.1, 0.15) is 5.88 Å². The first-order chi connectivity index (χ1) is 6.14. The van der Waals surface area contributed by atoms with Crippen molar-refractivity contribution in [3.8, 4) is 0 Å². The number of hydrogen-bond donors (Lipinski definition) is 2. The molecule has 6 nitrogen and oxygen atoms in total. The summed E-state index contributed by atoms with van der Waals surface area (Å²) in [4.78, 5) is 3.71. The summed E-state index contributed by atoms with van der Waals surface area (Å²) in [6, 6.07) is 0. The smallest absolute Gasteiger partial charge is 0.230 e. The molecule has 0 bridgehead atoms. The van der Waals surface area contributed by atoms with Crippen molar-refractivity contribution in [3.05, 3.63) is 18.7 Å². The van der Waals surface area contributed by atoms with E-state index in [0.717, 1.165) is 0 Å². The molecule has 1 rings (SSSR count). The normalized spacial score (nSPS) is 11.8. The molecule has 0 radical (unpaired) electrons. The molecule has 13 heavy (non-hydrogen) atoms. The minimum atomic E-state index is -3.35. The SMILES string of the molecule is O=S(=O)(Cn1ccnc1)NCCO. The minimum absolute atomic E-state index is 0.0387. The van der Waals surface area contributed by atoms with E-state index in [9.17, 15) is 8.42 Å². The molecule has 0 amide bonds. The van der Waals surface area contributed by atoms with Crippen LogP contribution in [0, 0.1) is 0 Å². The zero-order valence-corrected chi connectivity index (χ0v) is 7.74. The number of sulfonamides is 1. The molecule has 0 aromatic carbocycles. The Morgan fingerprint density at radius 3 is 2.85 bits per heavy atom. The molecule has 1 heterocycles. The summed E-state index contributed by atoms with van der Waals surface area (Å²) in [6.07, 6.45) is 4.47. The molecule has 0 atom stereocenters. The second-order valence-electron chi connectivity index (χ2n) is 2.44. The van der Waals surface area contributed by atoms with E-state index in [1.54, 1.807) is 6.20 Å². The van der Waals surface area contributed by atoms with Crippen molar-refractivity contribution in [1.29, 1.82) is 0 Å². The van der Waals surface area contributed by atoms with Crippen LogP contribution in [0.2, 0.25) is 0 Å². The molecule has 0 saturated carbocycles. The van der Waals surface area contributed by atoms with Gasteiger partial charge in [-0.25, -0.2) is 18.1 Å². The van der Waals surface area contributed by atoms with Crippen LogP contribution in [0.3, 0.4) is 0 Å². The molecule has 1 aromatic rings. The van der Waals surface area contributed by atoms with E-state index in [-0.39, 0.29) is 19.0 Å². The maximum absolute atomic E-state index is 11.2. The Hall–Kier alpha value is -0.920. The zero-order valence-electron chi connectivity index (χ0n) is 6.92. The van der Waals surface area contributed by atoms with Crippen molar-refractivity contribution in [2.45, 2.75) is 5.88 Å². The molecule has 0 spiro atoms. The lowest BCUT2D eigenvalue weighted by Crippen LogP contribution is -2.29. The van der Waals surface area contributed by atoms with E-state index in [1.165, 1.54) is 17.1 Å². The van der Waals surface area contributed by atoms with E-state index >= 15 is 0 Å². The van der Waals surface area contributed by atoms with Gasteiger partial charge in [-0.15, -0.1) is 0 Å². The molecule has 0 aliphatic heterocycles. The number of nitrogens with one attached hydrogen (secondary N) is 1. The fourth-order valence-corrected chi connectivity index (χ4v) is 1.84. The van der Waals surface area contributed by atoms with Gasteiger partial charge in [0.25, 0.3) is 0 Å². The predicted octanol–water partition coefficient (Wildman–Crippen LogP) is -1.25. The van der Waals surface area contributed by atoms with E-state index in [4.69, 9.17) is 5.11 Å². The molecule has 0 saturated heterocycles. The van der Waals surface area contributed by atoms with Gasteiger partial charge in [-0.3, -0.25) is 0 Å². The Morgan fingerprint density at radius 2 is 2.31 bits per heavy atom.